The summed E-state index contributed by atoms with van der Waals surface area (Å²) in [5, 5.41) is 3.21. The molecule has 1 saturated carbocycles. The second kappa shape index (κ2) is 5.93. The fourth-order valence-corrected chi connectivity index (χ4v) is 1.70. The normalized spacial score (nSPS) is 13.8. The maximum Gasteiger partial charge on any atom is 0.341 e. The minimum Gasteiger partial charge on any atom is -0.483 e. The molecule has 1 amide bonds. The van der Waals surface area contributed by atoms with E-state index in [0.717, 1.165) is 12.8 Å². The number of carbonyl (C=O) groups excluding carboxylic acids is 2. The summed E-state index contributed by atoms with van der Waals surface area (Å²) in [5.74, 6) is -0.502. The van der Waals surface area contributed by atoms with Crippen molar-refractivity contribution < 1.29 is 19.1 Å². The summed E-state index contributed by atoms with van der Waals surface area (Å²) in [6.07, 6.45) is 2.02. The van der Waals surface area contributed by atoms with Gasteiger partial charge >= 0.3 is 5.97 Å². The zero-order valence-electron chi connectivity index (χ0n) is 10.4. The summed E-state index contributed by atoms with van der Waals surface area (Å²) in [6.45, 7) is -0.152. The van der Waals surface area contributed by atoms with E-state index in [-0.39, 0.29) is 29.9 Å². The first-order valence-corrected chi connectivity index (χ1v) is 6.28. The molecule has 19 heavy (non-hydrogen) atoms. The molecule has 0 bridgehead atoms. The summed E-state index contributed by atoms with van der Waals surface area (Å²) in [4.78, 5) is 23.0. The van der Waals surface area contributed by atoms with Crippen LogP contribution < -0.4 is 10.1 Å². The molecule has 102 valence electrons. The Morgan fingerprint density at radius 1 is 1.42 bits per heavy atom. The average Bonchev–Trinajstić information content (AvgIpc) is 3.19. The first kappa shape index (κ1) is 13.7. The summed E-state index contributed by atoms with van der Waals surface area (Å²) < 4.78 is 9.97. The Kier molecular flexibility index (Phi) is 4.27. The van der Waals surface area contributed by atoms with Crippen molar-refractivity contribution in [2.45, 2.75) is 18.9 Å². The van der Waals surface area contributed by atoms with E-state index in [1.807, 2.05) is 0 Å². The van der Waals surface area contributed by atoms with Crippen molar-refractivity contribution in [2.24, 2.45) is 0 Å². The van der Waals surface area contributed by atoms with E-state index in [4.69, 9.17) is 16.3 Å². The van der Waals surface area contributed by atoms with E-state index in [2.05, 4.69) is 10.1 Å². The highest BCUT2D eigenvalue weighted by Gasteiger charge is 2.23. The third kappa shape index (κ3) is 3.86. The molecule has 0 aliphatic heterocycles. The molecule has 0 unspecified atom stereocenters. The third-order valence-corrected chi connectivity index (χ3v) is 2.89. The lowest BCUT2D eigenvalue weighted by Crippen LogP contribution is -2.30. The molecule has 1 aliphatic carbocycles. The number of amides is 1. The lowest BCUT2D eigenvalue weighted by molar-refractivity contribution is -0.123. The maximum absolute atomic E-state index is 11.5. The second-order valence-electron chi connectivity index (χ2n) is 4.26. The van der Waals surface area contributed by atoms with Crippen LogP contribution in [0, 0.1) is 0 Å². The van der Waals surface area contributed by atoms with Crippen molar-refractivity contribution in [3.63, 3.8) is 0 Å². The van der Waals surface area contributed by atoms with Crippen molar-refractivity contribution >= 4 is 23.5 Å². The van der Waals surface area contributed by atoms with E-state index in [0.29, 0.717) is 5.02 Å². The number of hydrogen-bond donors (Lipinski definition) is 1. The average molecular weight is 284 g/mol. The van der Waals surface area contributed by atoms with Crippen molar-refractivity contribution in [3.8, 4) is 5.75 Å². The number of benzene rings is 1. The highest BCUT2D eigenvalue weighted by atomic mass is 35.5. The third-order valence-electron chi connectivity index (χ3n) is 2.65. The van der Waals surface area contributed by atoms with Crippen LogP contribution in [0.2, 0.25) is 5.02 Å². The van der Waals surface area contributed by atoms with Gasteiger partial charge in [-0.1, -0.05) is 11.6 Å². The Labute approximate surface area is 115 Å². The van der Waals surface area contributed by atoms with Gasteiger partial charge in [0, 0.05) is 11.1 Å². The van der Waals surface area contributed by atoms with E-state index < -0.39 is 5.97 Å². The highest BCUT2D eigenvalue weighted by molar-refractivity contribution is 6.30. The van der Waals surface area contributed by atoms with E-state index in [9.17, 15) is 9.59 Å². The summed E-state index contributed by atoms with van der Waals surface area (Å²) in [6, 6.07) is 4.82. The zero-order chi connectivity index (χ0) is 13.8. The summed E-state index contributed by atoms with van der Waals surface area (Å²) in [5.41, 5.74) is 0.242. The molecular weight excluding hydrogens is 270 g/mol. The number of methoxy groups -OCH3 is 1. The minimum absolute atomic E-state index is 0.152. The topological polar surface area (TPSA) is 64.6 Å². The van der Waals surface area contributed by atoms with Gasteiger partial charge in [-0.05, 0) is 31.0 Å². The number of rotatable bonds is 5. The molecule has 0 aromatic heterocycles. The van der Waals surface area contributed by atoms with Crippen LogP contribution in [0.25, 0.3) is 0 Å². The number of esters is 1. The van der Waals surface area contributed by atoms with Gasteiger partial charge in [-0.2, -0.15) is 0 Å². The SMILES string of the molecule is COC(=O)c1ccc(Cl)cc1OCC(=O)NC1CC1. The molecule has 0 radical (unpaired) electrons. The van der Waals surface area contributed by atoms with Gasteiger partial charge in [-0.25, -0.2) is 4.79 Å². The molecular formula is C13H14ClNO4. The number of ether oxygens (including phenoxy) is 2. The first-order valence-electron chi connectivity index (χ1n) is 5.90. The Hall–Kier alpha value is -1.75. The second-order valence-corrected chi connectivity index (χ2v) is 4.70. The van der Waals surface area contributed by atoms with Gasteiger partial charge in [0.05, 0.1) is 7.11 Å². The van der Waals surface area contributed by atoms with Gasteiger partial charge in [0.1, 0.15) is 11.3 Å². The van der Waals surface area contributed by atoms with Crippen molar-refractivity contribution in [1.82, 2.24) is 5.32 Å². The predicted molar refractivity (Wildman–Crippen MR) is 69.5 cm³/mol. The lowest BCUT2D eigenvalue weighted by atomic mass is 10.2. The molecule has 0 saturated heterocycles. The van der Waals surface area contributed by atoms with Gasteiger partial charge in [-0.15, -0.1) is 0 Å². The van der Waals surface area contributed by atoms with Gasteiger partial charge in [0.15, 0.2) is 6.61 Å². The fraction of sp³-hybridized carbons (Fsp3) is 0.385. The number of carbonyl (C=O) groups is 2. The van der Waals surface area contributed by atoms with Crippen LogP contribution in [0.3, 0.4) is 0 Å². The van der Waals surface area contributed by atoms with Crippen LogP contribution in [0.5, 0.6) is 5.75 Å². The molecule has 2 rings (SSSR count). The van der Waals surface area contributed by atoms with E-state index in [1.165, 1.54) is 19.2 Å². The summed E-state index contributed by atoms with van der Waals surface area (Å²) >= 11 is 5.84. The van der Waals surface area contributed by atoms with Gasteiger partial charge in [-0.3, -0.25) is 4.79 Å². The quantitative estimate of drug-likeness (QED) is 0.837. The Morgan fingerprint density at radius 3 is 2.79 bits per heavy atom. The molecule has 1 N–H and O–H groups in total. The smallest absolute Gasteiger partial charge is 0.341 e. The highest BCUT2D eigenvalue weighted by Crippen LogP contribution is 2.24. The van der Waals surface area contributed by atoms with Crippen LogP contribution in [0.15, 0.2) is 18.2 Å². The van der Waals surface area contributed by atoms with Crippen LogP contribution in [0.4, 0.5) is 0 Å². The summed E-state index contributed by atoms with van der Waals surface area (Å²) in [7, 11) is 1.28. The Balaban J connectivity index is 2.02. The van der Waals surface area contributed by atoms with Crippen LogP contribution in [-0.4, -0.2) is 31.6 Å². The van der Waals surface area contributed by atoms with Gasteiger partial charge in [0.25, 0.3) is 5.91 Å². The standard InChI is InChI=1S/C13H14ClNO4/c1-18-13(17)10-5-2-8(14)6-11(10)19-7-12(16)15-9-3-4-9/h2,5-6,9H,3-4,7H2,1H3,(H,15,16). The molecule has 1 aromatic rings. The molecule has 0 spiro atoms. The van der Waals surface area contributed by atoms with Crippen LogP contribution in [-0.2, 0) is 9.53 Å². The maximum atomic E-state index is 11.5. The van der Waals surface area contributed by atoms with E-state index >= 15 is 0 Å². The monoisotopic (exact) mass is 283 g/mol. The molecule has 0 atom stereocenters. The number of hydrogen-bond acceptors (Lipinski definition) is 4. The largest absolute Gasteiger partial charge is 0.483 e. The number of halogens is 1. The van der Waals surface area contributed by atoms with Gasteiger partial charge < -0.3 is 14.8 Å². The molecule has 5 nitrogen and oxygen atoms in total. The van der Waals surface area contributed by atoms with Crippen LogP contribution in [0.1, 0.15) is 23.2 Å². The molecule has 0 heterocycles. The number of nitrogens with one attached hydrogen (secondary N) is 1. The molecule has 6 heteroatoms. The minimum atomic E-state index is -0.533. The van der Waals surface area contributed by atoms with Crippen molar-refractivity contribution in [3.05, 3.63) is 28.8 Å². The zero-order valence-corrected chi connectivity index (χ0v) is 11.2. The van der Waals surface area contributed by atoms with Crippen molar-refractivity contribution in [1.29, 1.82) is 0 Å². The molecule has 1 fully saturated rings. The Bertz CT molecular complexity index is 499. The fourth-order valence-electron chi connectivity index (χ4n) is 1.53. The molecule has 1 aliphatic rings. The molecule has 1 aromatic carbocycles. The van der Waals surface area contributed by atoms with Gasteiger partial charge in [0.2, 0.25) is 0 Å². The van der Waals surface area contributed by atoms with E-state index in [1.54, 1.807) is 6.07 Å². The Morgan fingerprint density at radius 2 is 2.16 bits per heavy atom. The van der Waals surface area contributed by atoms with Crippen LogP contribution >= 0.6 is 11.6 Å². The first-order chi connectivity index (χ1) is 9.10. The lowest BCUT2D eigenvalue weighted by Gasteiger charge is -2.10. The predicted octanol–water partition coefficient (Wildman–Crippen LogP) is 1.78. The van der Waals surface area contributed by atoms with Crippen molar-refractivity contribution in [2.75, 3.05) is 13.7 Å².